The van der Waals surface area contributed by atoms with Crippen molar-refractivity contribution in [3.8, 4) is 11.5 Å². The first kappa shape index (κ1) is 23.1. The van der Waals surface area contributed by atoms with E-state index >= 15 is 0 Å². The SMILES string of the molecule is COc1cc(/C=C2\SC(=O)N(Cc3ccccc3Br)C2=O)ccc1OCc1cccc(C)c1. The molecule has 5 nitrogen and oxygen atoms in total. The number of carbonyl (C=O) groups excluding carboxylic acids is 2. The van der Waals surface area contributed by atoms with E-state index < -0.39 is 0 Å². The van der Waals surface area contributed by atoms with E-state index in [1.807, 2.05) is 61.5 Å². The first-order chi connectivity index (χ1) is 15.9. The Hall–Kier alpha value is -3.03. The largest absolute Gasteiger partial charge is 0.493 e. The van der Waals surface area contributed by atoms with Crippen molar-refractivity contribution in [3.63, 3.8) is 0 Å². The second-order valence-corrected chi connectivity index (χ2v) is 9.39. The van der Waals surface area contributed by atoms with Crippen LogP contribution in [0.2, 0.25) is 0 Å². The van der Waals surface area contributed by atoms with Gasteiger partial charge in [-0.3, -0.25) is 14.5 Å². The van der Waals surface area contributed by atoms with Gasteiger partial charge in [-0.15, -0.1) is 0 Å². The van der Waals surface area contributed by atoms with Crippen molar-refractivity contribution in [1.29, 1.82) is 0 Å². The molecule has 168 valence electrons. The summed E-state index contributed by atoms with van der Waals surface area (Å²) in [7, 11) is 1.57. The normalized spacial score (nSPS) is 14.8. The molecule has 1 heterocycles. The molecule has 0 N–H and O–H groups in total. The van der Waals surface area contributed by atoms with Gasteiger partial charge in [-0.2, -0.15) is 0 Å². The van der Waals surface area contributed by atoms with Gasteiger partial charge in [0.05, 0.1) is 18.6 Å². The Morgan fingerprint density at radius 1 is 1.00 bits per heavy atom. The van der Waals surface area contributed by atoms with Crippen molar-refractivity contribution >= 4 is 44.9 Å². The van der Waals surface area contributed by atoms with Crippen LogP contribution in [0.4, 0.5) is 4.79 Å². The highest BCUT2D eigenvalue weighted by Gasteiger charge is 2.35. The monoisotopic (exact) mass is 523 g/mol. The molecule has 33 heavy (non-hydrogen) atoms. The molecule has 1 fully saturated rings. The average Bonchev–Trinajstić information content (AvgIpc) is 3.07. The fraction of sp³-hybridized carbons (Fsp3) is 0.154. The van der Waals surface area contributed by atoms with Crippen molar-refractivity contribution < 1.29 is 19.1 Å². The Labute approximate surface area is 205 Å². The Bertz CT molecular complexity index is 1240. The van der Waals surface area contributed by atoms with E-state index in [-0.39, 0.29) is 17.7 Å². The maximum Gasteiger partial charge on any atom is 0.293 e. The zero-order chi connectivity index (χ0) is 23.4. The summed E-state index contributed by atoms with van der Waals surface area (Å²) in [5.41, 5.74) is 3.87. The molecule has 3 aromatic carbocycles. The van der Waals surface area contributed by atoms with Crippen LogP contribution in [-0.4, -0.2) is 23.2 Å². The summed E-state index contributed by atoms with van der Waals surface area (Å²) in [4.78, 5) is 27.0. The van der Waals surface area contributed by atoms with Crippen LogP contribution in [0.5, 0.6) is 11.5 Å². The summed E-state index contributed by atoms with van der Waals surface area (Å²) in [6, 6.07) is 21.1. The number of hydrogen-bond donors (Lipinski definition) is 0. The van der Waals surface area contributed by atoms with Crippen LogP contribution in [0.15, 0.2) is 76.1 Å². The number of methoxy groups -OCH3 is 1. The average molecular weight is 524 g/mol. The molecule has 3 aromatic rings. The third-order valence-electron chi connectivity index (χ3n) is 5.12. The number of nitrogens with zero attached hydrogens (tertiary/aromatic N) is 1. The molecule has 0 bridgehead atoms. The lowest BCUT2D eigenvalue weighted by atomic mass is 10.1. The van der Waals surface area contributed by atoms with Gasteiger partial charge in [-0.1, -0.05) is 70.0 Å². The van der Waals surface area contributed by atoms with Gasteiger partial charge in [0.15, 0.2) is 11.5 Å². The van der Waals surface area contributed by atoms with Crippen LogP contribution in [0.3, 0.4) is 0 Å². The van der Waals surface area contributed by atoms with E-state index in [0.717, 1.165) is 32.9 Å². The first-order valence-electron chi connectivity index (χ1n) is 10.3. The maximum atomic E-state index is 12.9. The maximum absolute atomic E-state index is 12.9. The predicted molar refractivity (Wildman–Crippen MR) is 134 cm³/mol. The predicted octanol–water partition coefficient (Wildman–Crippen LogP) is 6.58. The fourth-order valence-electron chi connectivity index (χ4n) is 3.44. The number of amides is 2. The van der Waals surface area contributed by atoms with Crippen LogP contribution < -0.4 is 9.47 Å². The lowest BCUT2D eigenvalue weighted by Crippen LogP contribution is -2.27. The number of imide groups is 1. The summed E-state index contributed by atoms with van der Waals surface area (Å²) in [5.74, 6) is 0.863. The Kier molecular flexibility index (Phi) is 7.20. The quantitative estimate of drug-likeness (QED) is 0.327. The Morgan fingerprint density at radius 3 is 2.58 bits per heavy atom. The van der Waals surface area contributed by atoms with E-state index in [1.54, 1.807) is 19.3 Å². The molecule has 0 aromatic heterocycles. The molecule has 0 atom stereocenters. The lowest BCUT2D eigenvalue weighted by Gasteiger charge is -2.13. The van der Waals surface area contributed by atoms with Gasteiger partial charge in [-0.25, -0.2) is 0 Å². The second kappa shape index (κ2) is 10.3. The van der Waals surface area contributed by atoms with E-state index in [2.05, 4.69) is 22.0 Å². The smallest absolute Gasteiger partial charge is 0.293 e. The molecule has 1 saturated heterocycles. The van der Waals surface area contributed by atoms with Crippen molar-refractivity contribution in [3.05, 3.63) is 98.4 Å². The van der Waals surface area contributed by atoms with Crippen LogP contribution in [0.1, 0.15) is 22.3 Å². The second-order valence-electron chi connectivity index (χ2n) is 7.55. The minimum Gasteiger partial charge on any atom is -0.493 e. The standard InChI is InChI=1S/C26H22BrNO4S/c1-17-6-5-7-19(12-17)16-32-22-11-10-18(13-23(22)31-2)14-24-25(29)28(26(30)33-24)15-20-8-3-4-9-21(20)27/h3-14H,15-16H2,1-2H3/b24-14-. The number of rotatable bonds is 7. The summed E-state index contributed by atoms with van der Waals surface area (Å²) < 4.78 is 12.3. The molecular formula is C26H22BrNO4S. The van der Waals surface area contributed by atoms with Crippen molar-refractivity contribution in [2.24, 2.45) is 0 Å². The van der Waals surface area contributed by atoms with Gasteiger partial charge in [-0.05, 0) is 59.7 Å². The Morgan fingerprint density at radius 2 is 1.82 bits per heavy atom. The number of benzene rings is 3. The summed E-state index contributed by atoms with van der Waals surface area (Å²) in [6.07, 6.45) is 1.71. The summed E-state index contributed by atoms with van der Waals surface area (Å²) in [5, 5.41) is -0.285. The highest BCUT2D eigenvalue weighted by Crippen LogP contribution is 2.36. The minimum atomic E-state index is -0.306. The van der Waals surface area contributed by atoms with Gasteiger partial charge in [0.25, 0.3) is 11.1 Å². The molecule has 1 aliphatic rings. The number of thioether (sulfide) groups is 1. The number of halogens is 1. The van der Waals surface area contributed by atoms with Gasteiger partial charge in [0.2, 0.25) is 0 Å². The first-order valence-corrected chi connectivity index (χ1v) is 11.9. The molecule has 4 rings (SSSR count). The summed E-state index contributed by atoms with van der Waals surface area (Å²) >= 11 is 4.41. The number of carbonyl (C=O) groups is 2. The van der Waals surface area contributed by atoms with E-state index in [1.165, 1.54) is 10.5 Å². The minimum absolute atomic E-state index is 0.221. The highest BCUT2D eigenvalue weighted by atomic mass is 79.9. The zero-order valence-corrected chi connectivity index (χ0v) is 20.6. The Balaban J connectivity index is 1.49. The number of aryl methyl sites for hydroxylation is 1. The molecule has 1 aliphatic heterocycles. The third-order valence-corrected chi connectivity index (χ3v) is 6.80. The van der Waals surface area contributed by atoms with Gasteiger partial charge in [0, 0.05) is 4.47 Å². The molecule has 0 unspecified atom stereocenters. The molecule has 0 saturated carbocycles. The van der Waals surface area contributed by atoms with E-state index in [9.17, 15) is 9.59 Å². The molecule has 7 heteroatoms. The van der Waals surface area contributed by atoms with Crippen molar-refractivity contribution in [2.75, 3.05) is 7.11 Å². The molecule has 2 amide bonds. The molecular weight excluding hydrogens is 502 g/mol. The molecule has 0 radical (unpaired) electrons. The molecule has 0 aliphatic carbocycles. The molecule has 0 spiro atoms. The van der Waals surface area contributed by atoms with E-state index in [4.69, 9.17) is 9.47 Å². The van der Waals surface area contributed by atoms with Crippen LogP contribution in [0.25, 0.3) is 6.08 Å². The zero-order valence-electron chi connectivity index (χ0n) is 18.2. The topological polar surface area (TPSA) is 55.8 Å². The van der Waals surface area contributed by atoms with Crippen LogP contribution in [0, 0.1) is 6.92 Å². The van der Waals surface area contributed by atoms with Crippen molar-refractivity contribution in [1.82, 2.24) is 4.90 Å². The number of ether oxygens (including phenoxy) is 2. The van der Waals surface area contributed by atoms with Crippen LogP contribution >= 0.6 is 27.7 Å². The number of hydrogen-bond acceptors (Lipinski definition) is 5. The van der Waals surface area contributed by atoms with Gasteiger partial charge < -0.3 is 9.47 Å². The van der Waals surface area contributed by atoms with Crippen molar-refractivity contribution in [2.45, 2.75) is 20.1 Å². The fourth-order valence-corrected chi connectivity index (χ4v) is 4.69. The third kappa shape index (κ3) is 5.49. The van der Waals surface area contributed by atoms with Crippen LogP contribution in [-0.2, 0) is 17.9 Å². The van der Waals surface area contributed by atoms with Gasteiger partial charge >= 0.3 is 0 Å². The lowest BCUT2D eigenvalue weighted by molar-refractivity contribution is -0.123. The summed E-state index contributed by atoms with van der Waals surface area (Å²) in [6.45, 7) is 2.68. The highest BCUT2D eigenvalue weighted by molar-refractivity contribution is 9.10. The van der Waals surface area contributed by atoms with Gasteiger partial charge in [0.1, 0.15) is 6.61 Å². The van der Waals surface area contributed by atoms with E-state index in [0.29, 0.717) is 23.0 Å².